The number of benzene rings is 1. The van der Waals surface area contributed by atoms with Crippen molar-refractivity contribution in [3.05, 3.63) is 82.6 Å². The molecule has 8 nitrogen and oxygen atoms in total. The van der Waals surface area contributed by atoms with Gasteiger partial charge in [0.1, 0.15) is 0 Å². The fourth-order valence-corrected chi connectivity index (χ4v) is 4.72. The first-order chi connectivity index (χ1) is 17.3. The number of amides is 1. The van der Waals surface area contributed by atoms with Crippen LogP contribution in [-0.2, 0) is 18.2 Å². The fourth-order valence-electron chi connectivity index (χ4n) is 4.55. The normalized spacial score (nSPS) is 19.5. The lowest BCUT2D eigenvalue weighted by molar-refractivity contribution is 0.0732. The van der Waals surface area contributed by atoms with Crippen LogP contribution >= 0.6 is 11.6 Å². The fraction of sp³-hybridized carbons (Fsp3) is 0.407. The third kappa shape index (κ3) is 6.19. The Hall–Kier alpha value is -3.07. The van der Waals surface area contributed by atoms with Crippen molar-refractivity contribution in [3.8, 4) is 0 Å². The van der Waals surface area contributed by atoms with Crippen LogP contribution in [0.4, 0.5) is 4.79 Å². The highest BCUT2D eigenvalue weighted by atomic mass is 35.5. The number of piperazine rings is 1. The lowest BCUT2D eigenvalue weighted by Crippen LogP contribution is -2.47. The molecule has 1 saturated heterocycles. The summed E-state index contributed by atoms with van der Waals surface area (Å²) in [6, 6.07) is 6.06. The number of nitrogens with zero attached hydrogens (tertiary/aromatic N) is 3. The molecule has 2 atom stereocenters. The van der Waals surface area contributed by atoms with E-state index in [0.717, 1.165) is 54.5 Å². The largest absolute Gasteiger partial charge is 0.447 e. The molecule has 2 aromatic rings. The van der Waals surface area contributed by atoms with Crippen LogP contribution in [0, 0.1) is 0 Å². The first-order valence-corrected chi connectivity index (χ1v) is 12.7. The summed E-state index contributed by atoms with van der Waals surface area (Å²) in [7, 11) is 1.96. The predicted molar refractivity (Wildman–Crippen MR) is 143 cm³/mol. The summed E-state index contributed by atoms with van der Waals surface area (Å²) in [6.45, 7) is 6.97. The molecule has 4 N–H and O–H groups in total. The van der Waals surface area contributed by atoms with E-state index in [9.17, 15) is 4.79 Å². The predicted octanol–water partition coefficient (Wildman–Crippen LogP) is 3.56. The van der Waals surface area contributed by atoms with Crippen molar-refractivity contribution in [2.45, 2.75) is 38.5 Å². The zero-order chi connectivity index (χ0) is 25.7. The number of ether oxygens (including phenoxy) is 1. The topological polar surface area (TPSA) is 97.4 Å². The molecule has 0 saturated carbocycles. The molecule has 2 unspecified atom stereocenters. The van der Waals surface area contributed by atoms with Gasteiger partial charge in [-0.2, -0.15) is 0 Å². The number of rotatable bonds is 3. The van der Waals surface area contributed by atoms with Gasteiger partial charge in [0.2, 0.25) is 0 Å². The number of imidazole rings is 1. The van der Waals surface area contributed by atoms with E-state index < -0.39 is 0 Å². The van der Waals surface area contributed by atoms with Crippen molar-refractivity contribution in [2.75, 3.05) is 26.2 Å². The maximum atomic E-state index is 11.3. The van der Waals surface area contributed by atoms with E-state index in [1.54, 1.807) is 11.2 Å². The van der Waals surface area contributed by atoms with Gasteiger partial charge in [-0.15, -0.1) is 0 Å². The average Bonchev–Trinajstić information content (AvgIpc) is 3.23. The monoisotopic (exact) mass is 510 g/mol. The Kier molecular flexibility index (Phi) is 8.51. The third-order valence-electron chi connectivity index (χ3n) is 6.43. The minimum absolute atomic E-state index is 0.0209. The summed E-state index contributed by atoms with van der Waals surface area (Å²) in [5, 5.41) is 7.33. The van der Waals surface area contributed by atoms with E-state index in [1.807, 2.05) is 56.1 Å². The van der Waals surface area contributed by atoms with Gasteiger partial charge in [0.15, 0.2) is 0 Å². The number of dihydropyridines is 1. The second kappa shape index (κ2) is 11.8. The van der Waals surface area contributed by atoms with Crippen LogP contribution in [0.2, 0.25) is 5.02 Å². The molecule has 36 heavy (non-hydrogen) atoms. The quantitative estimate of drug-likeness (QED) is 0.584. The van der Waals surface area contributed by atoms with E-state index in [0.29, 0.717) is 0 Å². The van der Waals surface area contributed by atoms with E-state index >= 15 is 0 Å². The van der Waals surface area contributed by atoms with Crippen LogP contribution in [0.15, 0.2) is 60.7 Å². The van der Waals surface area contributed by atoms with Crippen molar-refractivity contribution < 1.29 is 9.53 Å². The first kappa shape index (κ1) is 26.0. The van der Waals surface area contributed by atoms with Crippen LogP contribution in [0.5, 0.6) is 0 Å². The number of nitrogens with one attached hydrogen (secondary N) is 2. The number of halogens is 1. The molecule has 5 rings (SSSR count). The zero-order valence-electron chi connectivity index (χ0n) is 21.1. The number of carbonyl (C=O) groups is 1. The number of hydrogen-bond acceptors (Lipinski definition) is 6. The molecule has 1 aliphatic carbocycles. The average molecular weight is 511 g/mol. The number of fused-ring (bicyclic) bond motifs is 2. The number of aromatic nitrogens is 2. The van der Waals surface area contributed by atoms with Crippen LogP contribution < -0.4 is 16.4 Å². The SMILES string of the molecule is CC(C)OC(=O)N1CCNCC1.Cn1cncc1C(N)C1=CC2=CC=CNC2Cc2ccc(Cl)cc21. The first-order valence-electron chi connectivity index (χ1n) is 12.3. The van der Waals surface area contributed by atoms with Crippen LogP contribution in [0.25, 0.3) is 5.57 Å². The molecule has 192 valence electrons. The minimum atomic E-state index is -0.264. The molecule has 1 amide bonds. The second-order valence-corrected chi connectivity index (χ2v) is 9.86. The van der Waals surface area contributed by atoms with E-state index in [-0.39, 0.29) is 24.3 Å². The summed E-state index contributed by atoms with van der Waals surface area (Å²) in [6.07, 6.45) is 12.7. The second-order valence-electron chi connectivity index (χ2n) is 9.43. The molecule has 1 aromatic carbocycles. The molecule has 9 heteroatoms. The molecule has 0 spiro atoms. The summed E-state index contributed by atoms with van der Waals surface area (Å²) >= 11 is 6.28. The van der Waals surface area contributed by atoms with Crippen LogP contribution in [-0.4, -0.2) is 58.9 Å². The summed E-state index contributed by atoms with van der Waals surface area (Å²) in [4.78, 5) is 17.2. The number of allylic oxidation sites excluding steroid dienone is 2. The van der Waals surface area contributed by atoms with Crippen molar-refractivity contribution in [1.29, 1.82) is 0 Å². The molecule has 1 aromatic heterocycles. The molecule has 1 fully saturated rings. The van der Waals surface area contributed by atoms with Gasteiger partial charge < -0.3 is 30.6 Å². The smallest absolute Gasteiger partial charge is 0.410 e. The number of hydrogen-bond donors (Lipinski definition) is 3. The molecule has 3 heterocycles. The molecule has 0 bridgehead atoms. The van der Waals surface area contributed by atoms with E-state index in [4.69, 9.17) is 22.1 Å². The van der Waals surface area contributed by atoms with Gasteiger partial charge in [-0.1, -0.05) is 29.8 Å². The summed E-state index contributed by atoms with van der Waals surface area (Å²) in [5.74, 6) is 0. The number of carbonyl (C=O) groups excluding carboxylic acids is 1. The Morgan fingerprint density at radius 2 is 2.06 bits per heavy atom. The van der Waals surface area contributed by atoms with Gasteiger partial charge >= 0.3 is 6.09 Å². The van der Waals surface area contributed by atoms with Crippen molar-refractivity contribution in [1.82, 2.24) is 25.1 Å². The lowest BCUT2D eigenvalue weighted by Gasteiger charge is -2.27. The van der Waals surface area contributed by atoms with Gasteiger partial charge in [0, 0.05) is 38.2 Å². The lowest BCUT2D eigenvalue weighted by atomic mass is 9.93. The number of aryl methyl sites for hydroxylation is 1. The highest BCUT2D eigenvalue weighted by Crippen LogP contribution is 2.37. The summed E-state index contributed by atoms with van der Waals surface area (Å²) < 4.78 is 7.01. The summed E-state index contributed by atoms with van der Waals surface area (Å²) in [5.41, 5.74) is 12.3. The Morgan fingerprint density at radius 3 is 2.75 bits per heavy atom. The Balaban J connectivity index is 0.000000214. The van der Waals surface area contributed by atoms with E-state index in [1.165, 1.54) is 11.1 Å². The standard InChI is InChI=1S/C19H19ClN4.C8H16N2O2/c1-24-11-22-10-18(24)19(21)16-7-13-3-2-6-23-17(13)8-12-4-5-14(20)9-15(12)16;1-7(2)12-8(11)10-5-3-9-4-6-10/h2-7,9-11,17,19,23H,8,21H2,1H3;7,9H,3-6H2,1-2H3. The van der Waals surface area contributed by atoms with Crippen molar-refractivity contribution in [2.24, 2.45) is 12.8 Å². The molecule has 0 radical (unpaired) electrons. The zero-order valence-corrected chi connectivity index (χ0v) is 21.8. The molecular formula is C27H35ClN6O2. The third-order valence-corrected chi connectivity index (χ3v) is 6.67. The van der Waals surface area contributed by atoms with Crippen LogP contribution in [0.1, 0.15) is 36.7 Å². The molecule has 3 aliphatic rings. The Morgan fingerprint density at radius 1 is 1.28 bits per heavy atom. The minimum Gasteiger partial charge on any atom is -0.447 e. The van der Waals surface area contributed by atoms with Gasteiger partial charge in [0.25, 0.3) is 0 Å². The molecule has 2 aliphatic heterocycles. The Labute approximate surface area is 217 Å². The maximum absolute atomic E-state index is 11.3. The van der Waals surface area contributed by atoms with Gasteiger partial charge in [-0.05, 0) is 67.0 Å². The Bertz CT molecular complexity index is 1160. The van der Waals surface area contributed by atoms with Crippen LogP contribution in [0.3, 0.4) is 0 Å². The molecular weight excluding hydrogens is 476 g/mol. The maximum Gasteiger partial charge on any atom is 0.410 e. The van der Waals surface area contributed by atoms with Crippen molar-refractivity contribution in [3.63, 3.8) is 0 Å². The van der Waals surface area contributed by atoms with Gasteiger partial charge in [0.05, 0.1) is 36.4 Å². The highest BCUT2D eigenvalue weighted by Gasteiger charge is 2.26. The van der Waals surface area contributed by atoms with E-state index in [2.05, 4.69) is 33.8 Å². The van der Waals surface area contributed by atoms with Gasteiger partial charge in [-0.3, -0.25) is 0 Å². The van der Waals surface area contributed by atoms with Crippen molar-refractivity contribution >= 4 is 23.3 Å². The number of nitrogens with two attached hydrogens (primary N) is 1. The highest BCUT2D eigenvalue weighted by molar-refractivity contribution is 6.30. The van der Waals surface area contributed by atoms with Gasteiger partial charge in [-0.25, -0.2) is 9.78 Å².